The highest BCUT2D eigenvalue weighted by atomic mass is 79.9. The lowest BCUT2D eigenvalue weighted by atomic mass is 10.1. The smallest absolute Gasteiger partial charge is 0.250 e. The number of methoxy groups -OCH3 is 1. The van der Waals surface area contributed by atoms with E-state index in [9.17, 15) is 9.18 Å². The Bertz CT molecular complexity index is 1330. The Morgan fingerprint density at radius 2 is 1.80 bits per heavy atom. The molecule has 3 aromatic rings. The molecule has 0 unspecified atom stereocenters. The van der Waals surface area contributed by atoms with E-state index in [2.05, 4.69) is 38.0 Å². The highest BCUT2D eigenvalue weighted by Gasteiger charge is 2.23. The summed E-state index contributed by atoms with van der Waals surface area (Å²) in [5.74, 6) is 0.00127. The monoisotopic (exact) mass is 539 g/mol. The van der Waals surface area contributed by atoms with E-state index in [1.54, 1.807) is 35.0 Å². The molecular weight excluding hydrogens is 513 g/mol. The molecule has 0 spiro atoms. The zero-order valence-corrected chi connectivity index (χ0v) is 21.0. The Kier molecular flexibility index (Phi) is 7.67. The molecular formula is C26H27BrFN5O2. The minimum Gasteiger partial charge on any atom is -0.494 e. The van der Waals surface area contributed by atoms with Gasteiger partial charge in [0.15, 0.2) is 11.6 Å². The molecule has 0 radical (unpaired) electrons. The molecule has 1 aliphatic heterocycles. The van der Waals surface area contributed by atoms with Crippen molar-refractivity contribution in [2.75, 3.05) is 20.2 Å². The maximum Gasteiger partial charge on any atom is 0.250 e. The number of aromatic nitrogens is 1. The van der Waals surface area contributed by atoms with Crippen LogP contribution in [0.4, 0.5) is 4.39 Å². The van der Waals surface area contributed by atoms with Gasteiger partial charge in [-0.05, 0) is 29.3 Å². The van der Waals surface area contributed by atoms with Gasteiger partial charge in [0.05, 0.1) is 20.2 Å². The molecule has 4 rings (SSSR count). The van der Waals surface area contributed by atoms with E-state index in [4.69, 9.17) is 16.2 Å². The van der Waals surface area contributed by atoms with Gasteiger partial charge in [0.2, 0.25) is 0 Å². The maximum absolute atomic E-state index is 14.6. The highest BCUT2D eigenvalue weighted by Crippen LogP contribution is 2.28. The fraction of sp³-hybridized carbons (Fsp3) is 0.231. The first kappa shape index (κ1) is 24.7. The Balaban J connectivity index is 1.38. The summed E-state index contributed by atoms with van der Waals surface area (Å²) in [6.45, 7) is 2.42. The van der Waals surface area contributed by atoms with E-state index < -0.39 is 5.82 Å². The van der Waals surface area contributed by atoms with Gasteiger partial charge in [-0.15, -0.1) is 0 Å². The van der Waals surface area contributed by atoms with Crippen molar-refractivity contribution in [3.8, 4) is 5.75 Å². The lowest BCUT2D eigenvalue weighted by Crippen LogP contribution is -2.24. The summed E-state index contributed by atoms with van der Waals surface area (Å²) in [5.41, 5.74) is 16.5. The molecule has 1 aliphatic rings. The van der Waals surface area contributed by atoms with Gasteiger partial charge >= 0.3 is 0 Å². The number of pyridine rings is 1. The van der Waals surface area contributed by atoms with Crippen LogP contribution in [0, 0.1) is 5.82 Å². The van der Waals surface area contributed by atoms with Crippen molar-refractivity contribution in [3.05, 3.63) is 109 Å². The number of hydrogen-bond acceptors (Lipinski definition) is 5. The molecule has 7 nitrogen and oxygen atoms in total. The molecule has 0 bridgehead atoms. The first-order valence-electron chi connectivity index (χ1n) is 11.1. The summed E-state index contributed by atoms with van der Waals surface area (Å²) in [7, 11) is 1.42. The Labute approximate surface area is 211 Å². The number of hydrogen-bond donors (Lipinski definition) is 2. The van der Waals surface area contributed by atoms with Crippen LogP contribution in [0.1, 0.15) is 16.7 Å². The number of aliphatic imine (C=N–C) groups is 1. The van der Waals surface area contributed by atoms with Gasteiger partial charge in [-0.2, -0.15) is 0 Å². The maximum atomic E-state index is 14.6. The number of nitrogens with zero attached hydrogens (tertiary/aromatic N) is 3. The zero-order chi connectivity index (χ0) is 24.9. The number of benzene rings is 2. The minimum atomic E-state index is -0.464. The standard InChI is InChI=1S/C26H27BrFN5O2/c1-35-23-10-9-21(27)19(25(23)28)12-31-26(30)20-15-32(16-22(20)29)13-17-5-7-18(8-6-17)14-33-11-3-2-4-24(33)34/h2-11H,12-16,29H2,1H3,(H2,30,31). The fourth-order valence-electron chi connectivity index (χ4n) is 4.01. The van der Waals surface area contributed by atoms with Crippen molar-refractivity contribution in [2.24, 2.45) is 16.5 Å². The van der Waals surface area contributed by atoms with Crippen molar-refractivity contribution in [3.63, 3.8) is 0 Å². The Morgan fingerprint density at radius 3 is 2.49 bits per heavy atom. The molecule has 0 atom stereocenters. The topological polar surface area (TPSA) is 98.9 Å². The van der Waals surface area contributed by atoms with E-state index in [-0.39, 0.29) is 17.9 Å². The molecule has 1 aromatic heterocycles. The van der Waals surface area contributed by atoms with Gasteiger partial charge in [-0.25, -0.2) is 4.39 Å². The predicted molar refractivity (Wildman–Crippen MR) is 139 cm³/mol. The second-order valence-corrected chi connectivity index (χ2v) is 9.23. The molecule has 0 saturated carbocycles. The number of amidine groups is 1. The Morgan fingerprint density at radius 1 is 1.09 bits per heavy atom. The van der Waals surface area contributed by atoms with Crippen molar-refractivity contribution in [2.45, 2.75) is 19.6 Å². The van der Waals surface area contributed by atoms with Crippen LogP contribution < -0.4 is 21.8 Å². The summed E-state index contributed by atoms with van der Waals surface area (Å²) in [4.78, 5) is 18.5. The average molecular weight is 540 g/mol. The normalized spacial score (nSPS) is 14.5. The summed E-state index contributed by atoms with van der Waals surface area (Å²) in [5, 5.41) is 0. The van der Waals surface area contributed by atoms with Crippen LogP contribution in [0.2, 0.25) is 0 Å². The Hall–Kier alpha value is -3.43. The lowest BCUT2D eigenvalue weighted by molar-refractivity contribution is 0.338. The third kappa shape index (κ3) is 5.80. The third-order valence-corrected chi connectivity index (χ3v) is 6.67. The van der Waals surface area contributed by atoms with Gasteiger partial charge in [-0.3, -0.25) is 14.7 Å². The average Bonchev–Trinajstić information content (AvgIpc) is 3.21. The van der Waals surface area contributed by atoms with Crippen molar-refractivity contribution in [1.29, 1.82) is 0 Å². The van der Waals surface area contributed by atoms with E-state index >= 15 is 0 Å². The first-order chi connectivity index (χ1) is 16.9. The SMILES string of the molecule is COc1ccc(Br)c(CN=C(N)C2=C(N)CN(Cc3ccc(Cn4ccccc4=O)cc3)C2)c1F. The number of nitrogens with two attached hydrogens (primary N) is 2. The summed E-state index contributed by atoms with van der Waals surface area (Å²) in [6, 6.07) is 16.6. The van der Waals surface area contributed by atoms with Crippen LogP contribution in [0.25, 0.3) is 0 Å². The van der Waals surface area contributed by atoms with E-state index in [0.29, 0.717) is 47.7 Å². The fourth-order valence-corrected chi connectivity index (χ4v) is 4.44. The molecule has 0 saturated heterocycles. The van der Waals surface area contributed by atoms with Gasteiger partial charge in [0.1, 0.15) is 5.84 Å². The minimum absolute atomic E-state index is 0.0246. The number of ether oxygens (including phenoxy) is 1. The highest BCUT2D eigenvalue weighted by molar-refractivity contribution is 9.10. The van der Waals surface area contributed by atoms with E-state index in [0.717, 1.165) is 16.7 Å². The van der Waals surface area contributed by atoms with E-state index in [1.165, 1.54) is 7.11 Å². The first-order valence-corrected chi connectivity index (χ1v) is 11.9. The summed E-state index contributed by atoms with van der Waals surface area (Å²) >= 11 is 3.36. The zero-order valence-electron chi connectivity index (χ0n) is 19.4. The van der Waals surface area contributed by atoms with Crippen LogP contribution in [0.3, 0.4) is 0 Å². The summed E-state index contributed by atoms with van der Waals surface area (Å²) in [6.07, 6.45) is 1.78. The predicted octanol–water partition coefficient (Wildman–Crippen LogP) is 3.39. The molecule has 2 heterocycles. The second-order valence-electron chi connectivity index (χ2n) is 8.38. The van der Waals surface area contributed by atoms with Crippen LogP contribution in [0.5, 0.6) is 5.75 Å². The molecule has 4 N–H and O–H groups in total. The van der Waals surface area contributed by atoms with Crippen molar-refractivity contribution in [1.82, 2.24) is 9.47 Å². The van der Waals surface area contributed by atoms with Crippen molar-refractivity contribution >= 4 is 21.8 Å². The molecule has 35 heavy (non-hydrogen) atoms. The number of rotatable bonds is 8. The van der Waals surface area contributed by atoms with Gasteiger partial charge in [0, 0.05) is 53.2 Å². The largest absolute Gasteiger partial charge is 0.494 e. The molecule has 0 aliphatic carbocycles. The van der Waals surface area contributed by atoms with E-state index in [1.807, 2.05) is 18.2 Å². The van der Waals surface area contributed by atoms with Crippen LogP contribution in [-0.2, 0) is 19.6 Å². The van der Waals surface area contributed by atoms with Crippen molar-refractivity contribution < 1.29 is 9.13 Å². The molecule has 2 aromatic carbocycles. The van der Waals surface area contributed by atoms with Gasteiger partial charge in [0.25, 0.3) is 5.56 Å². The molecule has 9 heteroatoms. The molecule has 0 fully saturated rings. The third-order valence-electron chi connectivity index (χ3n) is 5.93. The van der Waals surface area contributed by atoms with Gasteiger partial charge < -0.3 is 20.8 Å². The number of halogens is 2. The quantitative estimate of drug-likeness (QED) is 0.337. The lowest BCUT2D eigenvalue weighted by Gasteiger charge is -2.16. The molecule has 182 valence electrons. The molecule has 0 amide bonds. The second kappa shape index (κ2) is 10.9. The summed E-state index contributed by atoms with van der Waals surface area (Å²) < 4.78 is 21.9. The van der Waals surface area contributed by atoms with Crippen LogP contribution in [0.15, 0.2) is 86.3 Å². The van der Waals surface area contributed by atoms with Crippen LogP contribution in [-0.4, -0.2) is 35.5 Å². The van der Waals surface area contributed by atoms with Gasteiger partial charge in [-0.1, -0.05) is 46.3 Å². The van der Waals surface area contributed by atoms with Crippen LogP contribution >= 0.6 is 15.9 Å².